The van der Waals surface area contributed by atoms with E-state index < -0.39 is 0 Å². The van der Waals surface area contributed by atoms with E-state index in [-0.39, 0.29) is 18.0 Å². The van der Waals surface area contributed by atoms with Crippen molar-refractivity contribution in [1.29, 1.82) is 0 Å². The van der Waals surface area contributed by atoms with E-state index in [4.69, 9.17) is 16.7 Å². The zero-order valence-corrected chi connectivity index (χ0v) is 17.9. The highest BCUT2D eigenvalue weighted by atomic mass is 35.5. The molecular weight excluding hydrogens is 382 g/mol. The maximum absolute atomic E-state index is 13.0. The first-order chi connectivity index (χ1) is 14.0. The predicted molar refractivity (Wildman–Crippen MR) is 120 cm³/mol. The summed E-state index contributed by atoms with van der Waals surface area (Å²) < 4.78 is 0. The van der Waals surface area contributed by atoms with Gasteiger partial charge in [-0.3, -0.25) is 9.80 Å². The van der Waals surface area contributed by atoms with E-state index in [0.29, 0.717) is 17.2 Å². The fourth-order valence-electron chi connectivity index (χ4n) is 4.31. The molecule has 2 aromatic carbocycles. The first-order valence-corrected chi connectivity index (χ1v) is 10.9. The van der Waals surface area contributed by atoms with E-state index in [1.54, 1.807) is 0 Å². The number of aryl methyl sites for hydroxylation is 2. The van der Waals surface area contributed by atoms with E-state index in [1.165, 1.54) is 24.8 Å². The standard InChI is InChI=1S/C24H28ClN3O/c1-16-8-10-18(11-9-16)23-15-21(24(29)26-20-6-4-3-5-7-20)27-28(23)22-13-12-19(25)14-17(22)2/h8-14,20,23H,3-7,15H2,1-2H3,(H,26,29). The van der Waals surface area contributed by atoms with E-state index >= 15 is 0 Å². The van der Waals surface area contributed by atoms with Crippen LogP contribution in [0.4, 0.5) is 5.69 Å². The number of benzene rings is 2. The van der Waals surface area contributed by atoms with Crippen molar-refractivity contribution in [3.63, 3.8) is 0 Å². The summed E-state index contributed by atoms with van der Waals surface area (Å²) in [5, 5.41) is 10.7. The van der Waals surface area contributed by atoms with Crippen LogP contribution in [-0.4, -0.2) is 17.7 Å². The third kappa shape index (κ3) is 4.48. The predicted octanol–water partition coefficient (Wildman–Crippen LogP) is 5.71. The second-order valence-corrected chi connectivity index (χ2v) is 8.70. The second kappa shape index (κ2) is 8.58. The minimum absolute atomic E-state index is 0.00239. The number of halogens is 1. The molecular formula is C24H28ClN3O. The Bertz CT molecular complexity index is 916. The fourth-order valence-corrected chi connectivity index (χ4v) is 4.54. The topological polar surface area (TPSA) is 44.7 Å². The summed E-state index contributed by atoms with van der Waals surface area (Å²) in [6.07, 6.45) is 6.40. The van der Waals surface area contributed by atoms with Crippen LogP contribution in [0, 0.1) is 13.8 Å². The normalized spacial score (nSPS) is 19.9. The highest BCUT2D eigenvalue weighted by molar-refractivity contribution is 6.39. The third-order valence-electron chi connectivity index (χ3n) is 5.98. The van der Waals surface area contributed by atoms with Crippen LogP contribution in [0.1, 0.15) is 61.3 Å². The number of carbonyl (C=O) groups is 1. The molecule has 0 aromatic heterocycles. The van der Waals surface area contributed by atoms with Crippen LogP contribution in [0.25, 0.3) is 0 Å². The van der Waals surface area contributed by atoms with Crippen LogP contribution in [0.15, 0.2) is 47.6 Å². The lowest BCUT2D eigenvalue weighted by molar-refractivity contribution is -0.115. The van der Waals surface area contributed by atoms with Crippen LogP contribution >= 0.6 is 11.6 Å². The molecule has 2 aliphatic rings. The van der Waals surface area contributed by atoms with Gasteiger partial charge in [-0.15, -0.1) is 0 Å². The Balaban J connectivity index is 1.62. The monoisotopic (exact) mass is 409 g/mol. The molecule has 5 heteroatoms. The Hall–Kier alpha value is -2.33. The van der Waals surface area contributed by atoms with Crippen LogP contribution in [-0.2, 0) is 4.79 Å². The van der Waals surface area contributed by atoms with Crippen molar-refractivity contribution in [3.8, 4) is 0 Å². The number of hydrogen-bond donors (Lipinski definition) is 1. The Morgan fingerprint density at radius 1 is 1.07 bits per heavy atom. The van der Waals surface area contributed by atoms with Crippen molar-refractivity contribution in [1.82, 2.24) is 5.32 Å². The molecule has 1 N–H and O–H groups in total. The maximum Gasteiger partial charge on any atom is 0.267 e. The summed E-state index contributed by atoms with van der Waals surface area (Å²) in [6, 6.07) is 14.6. The van der Waals surface area contributed by atoms with E-state index in [2.05, 4.69) is 36.5 Å². The molecule has 1 aliphatic heterocycles. The molecule has 2 aromatic rings. The van der Waals surface area contributed by atoms with Gasteiger partial charge in [0.25, 0.3) is 5.91 Å². The molecule has 1 aliphatic carbocycles. The highest BCUT2D eigenvalue weighted by Gasteiger charge is 2.33. The van der Waals surface area contributed by atoms with Gasteiger partial charge in [-0.05, 0) is 56.0 Å². The summed E-state index contributed by atoms with van der Waals surface area (Å²) >= 11 is 6.16. The molecule has 1 atom stereocenters. The SMILES string of the molecule is Cc1ccc(C2CC(C(=O)NC3CCCCC3)=NN2c2ccc(Cl)cc2C)cc1. The van der Waals surface area contributed by atoms with Gasteiger partial charge in [0.1, 0.15) is 5.71 Å². The lowest BCUT2D eigenvalue weighted by Gasteiger charge is -2.25. The van der Waals surface area contributed by atoms with Crippen molar-refractivity contribution in [2.75, 3.05) is 5.01 Å². The number of hydrogen-bond acceptors (Lipinski definition) is 3. The lowest BCUT2D eigenvalue weighted by atomic mass is 9.95. The Labute approximate surface area is 177 Å². The Kier molecular flexibility index (Phi) is 5.91. The summed E-state index contributed by atoms with van der Waals surface area (Å²) in [4.78, 5) is 13.0. The number of hydrazone groups is 1. The summed E-state index contributed by atoms with van der Waals surface area (Å²) in [5.41, 5.74) is 5.02. The van der Waals surface area contributed by atoms with Crippen LogP contribution in [0.5, 0.6) is 0 Å². The minimum atomic E-state index is -0.0249. The number of anilines is 1. The Morgan fingerprint density at radius 2 is 1.79 bits per heavy atom. The molecule has 0 saturated heterocycles. The second-order valence-electron chi connectivity index (χ2n) is 8.26. The molecule has 29 heavy (non-hydrogen) atoms. The fraction of sp³-hybridized carbons (Fsp3) is 0.417. The van der Waals surface area contributed by atoms with Gasteiger partial charge >= 0.3 is 0 Å². The molecule has 1 saturated carbocycles. The molecule has 4 rings (SSSR count). The van der Waals surface area contributed by atoms with Crippen molar-refractivity contribution in [2.24, 2.45) is 5.10 Å². The number of rotatable bonds is 4. The molecule has 152 valence electrons. The molecule has 1 heterocycles. The van der Waals surface area contributed by atoms with Crippen molar-refractivity contribution < 1.29 is 4.79 Å². The lowest BCUT2D eigenvalue weighted by Crippen LogP contribution is -2.39. The van der Waals surface area contributed by atoms with E-state index in [9.17, 15) is 4.79 Å². The van der Waals surface area contributed by atoms with Gasteiger partial charge in [-0.2, -0.15) is 5.10 Å². The molecule has 0 bridgehead atoms. The van der Waals surface area contributed by atoms with E-state index in [0.717, 1.165) is 29.7 Å². The summed E-state index contributed by atoms with van der Waals surface area (Å²) in [6.45, 7) is 4.11. The number of nitrogens with one attached hydrogen (secondary N) is 1. The quantitative estimate of drug-likeness (QED) is 0.702. The van der Waals surface area contributed by atoms with E-state index in [1.807, 2.05) is 30.1 Å². The summed E-state index contributed by atoms with van der Waals surface area (Å²) in [5.74, 6) is -0.0249. The van der Waals surface area contributed by atoms with Gasteiger partial charge in [0.05, 0.1) is 11.7 Å². The molecule has 0 radical (unpaired) electrons. The average molecular weight is 410 g/mol. The minimum Gasteiger partial charge on any atom is -0.348 e. The zero-order chi connectivity index (χ0) is 20.4. The van der Waals surface area contributed by atoms with Gasteiger partial charge in [0.15, 0.2) is 0 Å². The van der Waals surface area contributed by atoms with Gasteiger partial charge in [0.2, 0.25) is 0 Å². The maximum atomic E-state index is 13.0. The number of amides is 1. The zero-order valence-electron chi connectivity index (χ0n) is 17.1. The van der Waals surface area contributed by atoms with Crippen molar-refractivity contribution in [2.45, 2.75) is 64.5 Å². The highest BCUT2D eigenvalue weighted by Crippen LogP contribution is 2.37. The smallest absolute Gasteiger partial charge is 0.267 e. The van der Waals surface area contributed by atoms with Gasteiger partial charge in [0, 0.05) is 17.5 Å². The summed E-state index contributed by atoms with van der Waals surface area (Å²) in [7, 11) is 0. The van der Waals surface area contributed by atoms with Crippen LogP contribution in [0.2, 0.25) is 5.02 Å². The molecule has 1 unspecified atom stereocenters. The molecule has 0 spiro atoms. The largest absolute Gasteiger partial charge is 0.348 e. The Morgan fingerprint density at radius 3 is 2.48 bits per heavy atom. The van der Waals surface area contributed by atoms with Crippen LogP contribution < -0.4 is 10.3 Å². The van der Waals surface area contributed by atoms with Crippen molar-refractivity contribution in [3.05, 3.63) is 64.2 Å². The molecule has 1 fully saturated rings. The van der Waals surface area contributed by atoms with Gasteiger partial charge < -0.3 is 5.32 Å². The van der Waals surface area contributed by atoms with Gasteiger partial charge in [-0.1, -0.05) is 60.7 Å². The third-order valence-corrected chi connectivity index (χ3v) is 6.22. The van der Waals surface area contributed by atoms with Crippen LogP contribution in [0.3, 0.4) is 0 Å². The first-order valence-electron chi connectivity index (χ1n) is 10.5. The van der Waals surface area contributed by atoms with Gasteiger partial charge in [-0.25, -0.2) is 0 Å². The molecule has 1 amide bonds. The number of carbonyl (C=O) groups excluding carboxylic acids is 1. The first kappa shape index (κ1) is 20.0. The number of nitrogens with zero attached hydrogens (tertiary/aromatic N) is 2. The van der Waals surface area contributed by atoms with Crippen molar-refractivity contribution >= 4 is 28.9 Å². The average Bonchev–Trinajstić information content (AvgIpc) is 3.14. The molecule has 4 nitrogen and oxygen atoms in total.